The molecule has 0 aliphatic heterocycles. The molecule has 0 unspecified atom stereocenters. The van der Waals surface area contributed by atoms with Crippen LogP contribution in [0.3, 0.4) is 0 Å². The third kappa shape index (κ3) is 8.26. The Labute approximate surface area is 235 Å². The maximum atomic E-state index is 2.20. The first-order chi connectivity index (χ1) is 16.2. The molecule has 0 aliphatic carbocycles. The number of fused-ring (bicyclic) bond motifs is 2. The van der Waals surface area contributed by atoms with Crippen LogP contribution in [-0.2, 0) is 24.2 Å². The van der Waals surface area contributed by atoms with E-state index in [1.807, 2.05) is 0 Å². The molecule has 0 bridgehead atoms. The fourth-order valence-electron chi connectivity index (χ4n) is 3.75. The number of aryl methyl sites for hydroxylation is 1. The molecule has 6 aromatic rings. The Hall–Kier alpha value is -2.57. The minimum absolute atomic E-state index is 0. The number of hydrogen-bond acceptors (Lipinski definition) is 0. The van der Waals surface area contributed by atoms with E-state index in [1.54, 1.807) is 0 Å². The predicted octanol–water partition coefficient (Wildman–Crippen LogP) is 2.24. The van der Waals surface area contributed by atoms with Crippen LogP contribution < -0.4 is 24.8 Å². The Kier molecular flexibility index (Phi) is 12.1. The first-order valence-electron chi connectivity index (χ1n) is 11.1. The summed E-state index contributed by atoms with van der Waals surface area (Å²) in [5, 5.41) is 5.36. The summed E-state index contributed by atoms with van der Waals surface area (Å²) in [4.78, 5) is 0. The quantitative estimate of drug-likeness (QED) is 0.280. The molecule has 0 aliphatic rings. The molecular formula is C32H26Cl2Zr-2. The molecule has 0 N–H and O–H groups in total. The molecule has 174 valence electrons. The van der Waals surface area contributed by atoms with Gasteiger partial charge in [-0.1, -0.05) is 19.1 Å². The van der Waals surface area contributed by atoms with Gasteiger partial charge in [0.1, 0.15) is 0 Å². The van der Waals surface area contributed by atoms with Gasteiger partial charge in [0.25, 0.3) is 0 Å². The summed E-state index contributed by atoms with van der Waals surface area (Å²) in [6, 6.07) is 48.6. The van der Waals surface area contributed by atoms with Crippen molar-refractivity contribution < 1.29 is 49.0 Å². The molecule has 0 atom stereocenters. The van der Waals surface area contributed by atoms with Crippen molar-refractivity contribution in [2.24, 2.45) is 0 Å². The van der Waals surface area contributed by atoms with Crippen LogP contribution in [0.2, 0.25) is 0 Å². The second-order valence-electron chi connectivity index (χ2n) is 7.92. The Morgan fingerprint density at radius 2 is 1.06 bits per heavy atom. The molecule has 0 aromatic heterocycles. The zero-order valence-corrected chi connectivity index (χ0v) is 23.5. The van der Waals surface area contributed by atoms with E-state index >= 15 is 0 Å². The monoisotopic (exact) mass is 570 g/mol. The molecule has 0 amide bonds. The summed E-state index contributed by atoms with van der Waals surface area (Å²) in [6.45, 7) is 2.12. The Morgan fingerprint density at radius 3 is 1.60 bits per heavy atom. The van der Waals surface area contributed by atoms with E-state index < -0.39 is 0 Å². The topological polar surface area (TPSA) is 0 Å². The summed E-state index contributed by atoms with van der Waals surface area (Å²) < 4.78 is 1.42. The molecular weight excluding hydrogens is 546 g/mol. The van der Waals surface area contributed by atoms with Gasteiger partial charge in [0, 0.05) is 0 Å². The van der Waals surface area contributed by atoms with E-state index in [1.165, 1.54) is 65.7 Å². The van der Waals surface area contributed by atoms with Crippen molar-refractivity contribution >= 4 is 24.8 Å². The maximum Gasteiger partial charge on any atom is -0.0809 e. The molecule has 0 radical (unpaired) electrons. The van der Waals surface area contributed by atoms with Crippen LogP contribution in [0.15, 0.2) is 140 Å². The molecule has 0 fully saturated rings. The van der Waals surface area contributed by atoms with Crippen molar-refractivity contribution in [1.29, 1.82) is 0 Å². The van der Waals surface area contributed by atoms with Crippen LogP contribution in [-0.4, -0.2) is 3.21 Å². The van der Waals surface area contributed by atoms with Crippen molar-refractivity contribution in [1.82, 2.24) is 0 Å². The molecule has 0 spiro atoms. The smallest absolute Gasteiger partial charge is 0.0809 e. The van der Waals surface area contributed by atoms with Gasteiger partial charge in [-0.15, -0.1) is 70.3 Å². The number of rotatable bonds is 2. The van der Waals surface area contributed by atoms with E-state index in [2.05, 4.69) is 146 Å². The first kappa shape index (κ1) is 28.7. The van der Waals surface area contributed by atoms with Gasteiger partial charge in [-0.25, -0.2) is 0 Å². The number of benzene rings is 4. The van der Waals surface area contributed by atoms with Crippen LogP contribution in [0.4, 0.5) is 0 Å². The van der Waals surface area contributed by atoms with Crippen molar-refractivity contribution in [3.63, 3.8) is 0 Å². The summed E-state index contributed by atoms with van der Waals surface area (Å²) >= 11 is 1.46. The minimum Gasteiger partial charge on any atom is -0.168 e. The van der Waals surface area contributed by atoms with E-state index in [0.717, 1.165) is 0 Å². The van der Waals surface area contributed by atoms with Crippen molar-refractivity contribution in [3.05, 3.63) is 156 Å². The van der Waals surface area contributed by atoms with E-state index in [-0.39, 0.29) is 24.8 Å². The average Bonchev–Trinajstić information content (AvgIpc) is 3.51. The molecule has 6 aromatic carbocycles. The molecule has 0 heterocycles. The van der Waals surface area contributed by atoms with Gasteiger partial charge < -0.3 is 24.8 Å². The SMILES string of the molecule is Cc1cc2ccccc2[cH-]1.[Cl-].[Cl-].[Zr+2]=[C](c1ccccc1)c1ccccc1.c1ccc2[cH-]ccc2c1. The summed E-state index contributed by atoms with van der Waals surface area (Å²) in [5.41, 5.74) is 4.01. The molecule has 3 heteroatoms. The minimum atomic E-state index is 0. The first-order valence-corrected chi connectivity index (χ1v) is 12.4. The summed E-state index contributed by atoms with van der Waals surface area (Å²) in [6.07, 6.45) is 0. The standard InChI is InChI=1S/C13H10.C10H9.C9H7.2ClH.Zr/c1-3-7-12(8-4-1)11-13-9-5-2-6-10-13;1-8-6-9-4-2-3-5-10(9)7-8;1-2-5-9-7-3-6-8(9)4-1;;;/h1-10H;2-7H,1H3;1-7H;2*1H;/q;2*-1;;;+2/p-2. The maximum absolute atomic E-state index is 2.20. The van der Waals surface area contributed by atoms with Gasteiger partial charge in [-0.05, 0) is 0 Å². The molecule has 35 heavy (non-hydrogen) atoms. The van der Waals surface area contributed by atoms with Crippen LogP contribution in [0, 0.1) is 6.92 Å². The average molecular weight is 573 g/mol. The van der Waals surface area contributed by atoms with E-state index in [4.69, 9.17) is 0 Å². The van der Waals surface area contributed by atoms with Gasteiger partial charge in [-0.3, -0.25) is 0 Å². The van der Waals surface area contributed by atoms with Crippen LogP contribution in [0.25, 0.3) is 21.5 Å². The Morgan fingerprint density at radius 1 is 0.571 bits per heavy atom. The molecule has 0 saturated heterocycles. The molecule has 0 saturated carbocycles. The zero-order chi connectivity index (χ0) is 22.9. The zero-order valence-electron chi connectivity index (χ0n) is 19.5. The predicted molar refractivity (Wildman–Crippen MR) is 140 cm³/mol. The van der Waals surface area contributed by atoms with E-state index in [9.17, 15) is 0 Å². The van der Waals surface area contributed by atoms with Crippen molar-refractivity contribution in [2.75, 3.05) is 0 Å². The third-order valence-corrected chi connectivity index (χ3v) is 6.85. The third-order valence-electron chi connectivity index (χ3n) is 5.43. The second kappa shape index (κ2) is 14.7. The van der Waals surface area contributed by atoms with Crippen LogP contribution >= 0.6 is 0 Å². The second-order valence-corrected chi connectivity index (χ2v) is 9.15. The molecule has 0 nitrogen and oxygen atoms in total. The van der Waals surface area contributed by atoms with Crippen LogP contribution in [0.1, 0.15) is 16.7 Å². The number of hydrogen-bond donors (Lipinski definition) is 0. The summed E-state index contributed by atoms with van der Waals surface area (Å²) in [7, 11) is 0. The molecule has 6 rings (SSSR count). The van der Waals surface area contributed by atoms with Gasteiger partial charge in [0.2, 0.25) is 0 Å². The van der Waals surface area contributed by atoms with Gasteiger partial charge in [0.15, 0.2) is 0 Å². The Balaban J connectivity index is 0.000000185. The largest absolute Gasteiger partial charge is 0.168 e. The van der Waals surface area contributed by atoms with Gasteiger partial charge in [-0.2, -0.15) is 23.6 Å². The van der Waals surface area contributed by atoms with Crippen molar-refractivity contribution in [2.45, 2.75) is 6.92 Å². The van der Waals surface area contributed by atoms with E-state index in [0.29, 0.717) is 0 Å². The summed E-state index contributed by atoms with van der Waals surface area (Å²) in [5.74, 6) is 0. The van der Waals surface area contributed by atoms with Gasteiger partial charge in [0.05, 0.1) is 0 Å². The number of halogens is 2. The van der Waals surface area contributed by atoms with Crippen LogP contribution in [0.5, 0.6) is 0 Å². The Bertz CT molecular complexity index is 1330. The fourth-order valence-corrected chi connectivity index (χ4v) is 4.57. The van der Waals surface area contributed by atoms with Gasteiger partial charge >= 0.3 is 99.2 Å². The van der Waals surface area contributed by atoms with Crippen molar-refractivity contribution in [3.8, 4) is 0 Å². The fraction of sp³-hybridized carbons (Fsp3) is 0.0312. The normalized spacial score (nSPS) is 9.57.